The topological polar surface area (TPSA) is 91.0 Å². The highest BCUT2D eigenvalue weighted by molar-refractivity contribution is 5.88. The van der Waals surface area contributed by atoms with Gasteiger partial charge >= 0.3 is 0 Å². The summed E-state index contributed by atoms with van der Waals surface area (Å²) >= 11 is 0. The van der Waals surface area contributed by atoms with E-state index in [-0.39, 0.29) is 40.3 Å². The molecule has 0 saturated carbocycles. The van der Waals surface area contributed by atoms with E-state index in [0.717, 1.165) is 6.07 Å². The molecule has 130 valence electrons. The Bertz CT molecular complexity index is 949. The molecular formula is C18H17NO6. The summed E-state index contributed by atoms with van der Waals surface area (Å²) < 4.78 is 21.9. The molecule has 1 N–H and O–H groups in total. The number of phenols is 1. The van der Waals surface area contributed by atoms with Crippen LogP contribution in [0.2, 0.25) is 0 Å². The molecule has 0 aliphatic carbocycles. The normalized spacial score (nSPS) is 10.9. The van der Waals surface area contributed by atoms with Gasteiger partial charge in [0.05, 0.1) is 19.3 Å². The van der Waals surface area contributed by atoms with Gasteiger partial charge in [0.15, 0.2) is 11.5 Å². The minimum Gasteiger partial charge on any atom is -0.504 e. The summed E-state index contributed by atoms with van der Waals surface area (Å²) in [4.78, 5) is 16.3. The second-order valence-corrected chi connectivity index (χ2v) is 5.51. The smallest absolute Gasteiger partial charge is 0.294 e. The molecule has 0 amide bonds. The predicted octanol–water partition coefficient (Wildman–Crippen LogP) is 3.48. The summed E-state index contributed by atoms with van der Waals surface area (Å²) in [6.07, 6.45) is 2.95. The van der Waals surface area contributed by atoms with Crippen molar-refractivity contribution in [2.75, 3.05) is 7.11 Å². The molecule has 0 bridgehead atoms. The number of methoxy groups -OCH3 is 1. The fraction of sp³-hybridized carbons (Fsp3) is 0.222. The van der Waals surface area contributed by atoms with E-state index in [0.29, 0.717) is 5.75 Å². The maximum absolute atomic E-state index is 12.4. The van der Waals surface area contributed by atoms with Gasteiger partial charge < -0.3 is 23.7 Å². The molecule has 2 aromatic heterocycles. The quantitative estimate of drug-likeness (QED) is 0.758. The first-order chi connectivity index (χ1) is 12.0. The predicted molar refractivity (Wildman–Crippen MR) is 90.8 cm³/mol. The van der Waals surface area contributed by atoms with E-state index in [9.17, 15) is 9.90 Å². The van der Waals surface area contributed by atoms with Gasteiger partial charge in [0, 0.05) is 18.5 Å². The fourth-order valence-electron chi connectivity index (χ4n) is 2.35. The van der Waals surface area contributed by atoms with Gasteiger partial charge in [0.25, 0.3) is 5.95 Å². The standard InChI is InChI=1S/C18H17NO6/c1-10(2)23-14-9-13-16(17(21)18(14)22-3)12(20)8-15(25-13)24-11-4-6-19-7-5-11/h4-10,21H,1-3H3. The van der Waals surface area contributed by atoms with Gasteiger partial charge in [-0.3, -0.25) is 9.78 Å². The number of fused-ring (bicyclic) bond motifs is 1. The molecule has 0 fully saturated rings. The van der Waals surface area contributed by atoms with Gasteiger partial charge in [-0.1, -0.05) is 0 Å². The van der Waals surface area contributed by atoms with Crippen molar-refractivity contribution in [2.45, 2.75) is 20.0 Å². The van der Waals surface area contributed by atoms with Crippen LogP contribution in [-0.2, 0) is 0 Å². The van der Waals surface area contributed by atoms with Crippen LogP contribution in [0.4, 0.5) is 0 Å². The SMILES string of the molecule is COc1c(OC(C)C)cc2oc(Oc3ccncc3)cc(=O)c2c1O. The number of phenolic OH excluding ortho intramolecular Hbond substituents is 1. The number of hydrogen-bond acceptors (Lipinski definition) is 7. The molecule has 3 rings (SSSR count). The van der Waals surface area contributed by atoms with E-state index in [4.69, 9.17) is 18.6 Å². The second kappa shape index (κ2) is 6.72. The molecule has 0 aliphatic heterocycles. The van der Waals surface area contributed by atoms with Gasteiger partial charge in [-0.15, -0.1) is 0 Å². The van der Waals surface area contributed by atoms with E-state index in [2.05, 4.69) is 4.98 Å². The third-order valence-electron chi connectivity index (χ3n) is 3.33. The number of aromatic hydroxyl groups is 1. The number of pyridine rings is 1. The van der Waals surface area contributed by atoms with E-state index in [1.54, 1.807) is 24.5 Å². The number of rotatable bonds is 5. The maximum atomic E-state index is 12.4. The number of ether oxygens (including phenoxy) is 3. The van der Waals surface area contributed by atoms with Gasteiger partial charge in [0.1, 0.15) is 16.7 Å². The average molecular weight is 343 g/mol. The van der Waals surface area contributed by atoms with Crippen molar-refractivity contribution >= 4 is 11.0 Å². The molecule has 0 radical (unpaired) electrons. The zero-order valence-corrected chi connectivity index (χ0v) is 14.0. The average Bonchev–Trinajstić information content (AvgIpc) is 2.55. The molecule has 7 heteroatoms. The monoisotopic (exact) mass is 343 g/mol. The number of nitrogens with zero attached hydrogens (tertiary/aromatic N) is 1. The van der Waals surface area contributed by atoms with Crippen molar-refractivity contribution in [3.05, 3.63) is 46.9 Å². The first-order valence-corrected chi connectivity index (χ1v) is 7.62. The summed E-state index contributed by atoms with van der Waals surface area (Å²) in [5.74, 6) is 0.473. The minimum atomic E-state index is -0.461. The maximum Gasteiger partial charge on any atom is 0.294 e. The number of hydrogen-bond donors (Lipinski definition) is 1. The van der Waals surface area contributed by atoms with Crippen LogP contribution in [0.25, 0.3) is 11.0 Å². The van der Waals surface area contributed by atoms with Crippen LogP contribution in [0.1, 0.15) is 13.8 Å². The Morgan fingerprint density at radius 1 is 1.20 bits per heavy atom. The molecule has 3 aromatic rings. The molecule has 0 aliphatic rings. The Balaban J connectivity index is 2.14. The molecule has 2 heterocycles. The zero-order chi connectivity index (χ0) is 18.0. The lowest BCUT2D eigenvalue weighted by atomic mass is 10.2. The number of aromatic nitrogens is 1. The molecule has 1 aromatic carbocycles. The highest BCUT2D eigenvalue weighted by Gasteiger charge is 2.20. The minimum absolute atomic E-state index is 0.00460. The van der Waals surface area contributed by atoms with Crippen LogP contribution in [0.3, 0.4) is 0 Å². The van der Waals surface area contributed by atoms with Crippen molar-refractivity contribution < 1.29 is 23.7 Å². The summed E-state index contributed by atoms with van der Waals surface area (Å²) in [6.45, 7) is 3.67. The first-order valence-electron chi connectivity index (χ1n) is 7.62. The van der Waals surface area contributed by atoms with Crippen LogP contribution in [-0.4, -0.2) is 23.3 Å². The third-order valence-corrected chi connectivity index (χ3v) is 3.33. The molecule has 0 saturated heterocycles. The van der Waals surface area contributed by atoms with Gasteiger partial charge in [-0.2, -0.15) is 0 Å². The van der Waals surface area contributed by atoms with Crippen LogP contribution < -0.4 is 19.6 Å². The van der Waals surface area contributed by atoms with Gasteiger partial charge in [0.2, 0.25) is 11.2 Å². The fourth-order valence-corrected chi connectivity index (χ4v) is 2.35. The van der Waals surface area contributed by atoms with E-state index < -0.39 is 5.43 Å². The summed E-state index contributed by atoms with van der Waals surface area (Å²) in [5.41, 5.74) is -0.331. The van der Waals surface area contributed by atoms with Crippen molar-refractivity contribution in [1.29, 1.82) is 0 Å². The highest BCUT2D eigenvalue weighted by Crippen LogP contribution is 2.42. The van der Waals surface area contributed by atoms with Crippen molar-refractivity contribution in [3.63, 3.8) is 0 Å². The summed E-state index contributed by atoms with van der Waals surface area (Å²) in [5, 5.41) is 10.4. The Morgan fingerprint density at radius 3 is 2.56 bits per heavy atom. The Labute approximate surface area is 143 Å². The Kier molecular flexibility index (Phi) is 4.47. The first kappa shape index (κ1) is 16.6. The molecule has 0 atom stereocenters. The molecule has 25 heavy (non-hydrogen) atoms. The van der Waals surface area contributed by atoms with Gasteiger partial charge in [-0.05, 0) is 26.0 Å². The van der Waals surface area contributed by atoms with E-state index >= 15 is 0 Å². The lowest BCUT2D eigenvalue weighted by Gasteiger charge is -2.15. The molecule has 0 spiro atoms. The van der Waals surface area contributed by atoms with Crippen molar-refractivity contribution in [3.8, 4) is 28.9 Å². The Hall–Kier alpha value is -3.22. The molecule has 0 unspecified atom stereocenters. The molecular weight excluding hydrogens is 326 g/mol. The third kappa shape index (κ3) is 3.35. The van der Waals surface area contributed by atoms with Crippen molar-refractivity contribution in [1.82, 2.24) is 4.98 Å². The van der Waals surface area contributed by atoms with Crippen LogP contribution in [0.15, 0.2) is 45.9 Å². The largest absolute Gasteiger partial charge is 0.504 e. The lowest BCUT2D eigenvalue weighted by molar-refractivity contribution is 0.227. The Morgan fingerprint density at radius 2 is 1.92 bits per heavy atom. The number of benzene rings is 1. The molecule has 7 nitrogen and oxygen atoms in total. The van der Waals surface area contributed by atoms with Crippen molar-refractivity contribution in [2.24, 2.45) is 0 Å². The summed E-state index contributed by atoms with van der Waals surface area (Å²) in [7, 11) is 1.39. The zero-order valence-electron chi connectivity index (χ0n) is 14.0. The second-order valence-electron chi connectivity index (χ2n) is 5.51. The summed E-state index contributed by atoms with van der Waals surface area (Å²) in [6, 6.07) is 5.91. The highest BCUT2D eigenvalue weighted by atomic mass is 16.6. The lowest BCUT2D eigenvalue weighted by Crippen LogP contribution is -2.08. The van der Waals surface area contributed by atoms with E-state index in [1.807, 2.05) is 13.8 Å². The van der Waals surface area contributed by atoms with Crippen LogP contribution in [0.5, 0.6) is 28.9 Å². The van der Waals surface area contributed by atoms with Crippen LogP contribution >= 0.6 is 0 Å². The van der Waals surface area contributed by atoms with Gasteiger partial charge in [-0.25, -0.2) is 0 Å². The van der Waals surface area contributed by atoms with Crippen LogP contribution in [0, 0.1) is 0 Å². The van der Waals surface area contributed by atoms with E-state index in [1.165, 1.54) is 13.2 Å².